The summed E-state index contributed by atoms with van der Waals surface area (Å²) in [6.07, 6.45) is 5.70. The molecule has 3 aromatic rings. The Balaban J connectivity index is 1.78. The van der Waals surface area contributed by atoms with Crippen molar-refractivity contribution in [2.45, 2.75) is 26.7 Å². The number of nitrogens with zero attached hydrogens (tertiary/aromatic N) is 3. The van der Waals surface area contributed by atoms with Crippen LogP contribution in [0, 0.1) is 0 Å². The lowest BCUT2D eigenvalue weighted by molar-refractivity contribution is 0.483. The monoisotopic (exact) mass is 385 g/mol. The highest BCUT2D eigenvalue weighted by Crippen LogP contribution is 2.34. The van der Waals surface area contributed by atoms with Gasteiger partial charge in [-0.2, -0.15) is 0 Å². The molecule has 0 aliphatic heterocycles. The van der Waals surface area contributed by atoms with E-state index in [0.717, 1.165) is 52.6 Å². The maximum Gasteiger partial charge on any atom is 0.129 e. The molecule has 2 aromatic carbocycles. The van der Waals surface area contributed by atoms with E-state index in [1.165, 1.54) is 0 Å². The molecule has 0 fully saturated rings. The van der Waals surface area contributed by atoms with Gasteiger partial charge in [-0.25, -0.2) is 0 Å². The number of hydrogen-bond donors (Lipinski definition) is 0. The maximum atomic E-state index is 6.07. The minimum atomic E-state index is 0.768. The number of rotatable bonds is 9. The maximum absolute atomic E-state index is 6.07. The first-order chi connectivity index (χ1) is 12.8. The van der Waals surface area contributed by atoms with Crippen LogP contribution in [0.4, 0.5) is 5.69 Å². The standard InChI is InChI=1S/C20H23N3OS2/c1-3-12-25-23(26-13-4-2)16-6-5-7-17(14-16)24-18-8-9-19-20(15-18)22-11-10-21-19/h5-11,14-15H,3-4,12-13H2,1-2H3. The fourth-order valence-corrected chi connectivity index (χ4v) is 4.31. The molecule has 0 atom stereocenters. The molecule has 1 heterocycles. The topological polar surface area (TPSA) is 38.2 Å². The van der Waals surface area contributed by atoms with Gasteiger partial charge in [0, 0.05) is 36.0 Å². The second kappa shape index (κ2) is 9.69. The average molecular weight is 386 g/mol. The van der Waals surface area contributed by atoms with E-state index in [1.807, 2.05) is 54.2 Å². The molecule has 0 N–H and O–H groups in total. The lowest BCUT2D eigenvalue weighted by Gasteiger charge is -2.22. The van der Waals surface area contributed by atoms with Crippen LogP contribution in [0.25, 0.3) is 11.0 Å². The summed E-state index contributed by atoms with van der Waals surface area (Å²) in [7, 11) is 0. The Labute approximate surface area is 163 Å². The van der Waals surface area contributed by atoms with Crippen molar-refractivity contribution in [2.24, 2.45) is 0 Å². The van der Waals surface area contributed by atoms with Gasteiger partial charge in [-0.05, 0) is 61.0 Å². The summed E-state index contributed by atoms with van der Waals surface area (Å²) in [4.78, 5) is 8.63. The molecular weight excluding hydrogens is 362 g/mol. The fourth-order valence-electron chi connectivity index (χ4n) is 2.34. The molecule has 0 amide bonds. The zero-order chi connectivity index (χ0) is 18.2. The molecule has 1 aromatic heterocycles. The first-order valence-corrected chi connectivity index (χ1v) is 10.7. The fraction of sp³-hybridized carbons (Fsp3) is 0.300. The summed E-state index contributed by atoms with van der Waals surface area (Å²) in [5.41, 5.74) is 2.85. The summed E-state index contributed by atoms with van der Waals surface area (Å²) >= 11 is 3.71. The van der Waals surface area contributed by atoms with Gasteiger partial charge in [0.1, 0.15) is 11.5 Å². The second-order valence-corrected chi connectivity index (χ2v) is 8.02. The Hall–Kier alpha value is -1.92. The molecule has 0 radical (unpaired) electrons. The minimum Gasteiger partial charge on any atom is -0.457 e. The van der Waals surface area contributed by atoms with E-state index >= 15 is 0 Å². The molecule has 4 nitrogen and oxygen atoms in total. The van der Waals surface area contributed by atoms with Crippen LogP contribution >= 0.6 is 23.9 Å². The van der Waals surface area contributed by atoms with Gasteiger partial charge in [0.05, 0.1) is 16.7 Å². The highest BCUT2D eigenvalue weighted by molar-refractivity contribution is 8.18. The molecule has 3 rings (SSSR count). The van der Waals surface area contributed by atoms with Crippen molar-refractivity contribution in [3.8, 4) is 11.5 Å². The van der Waals surface area contributed by atoms with Crippen LogP contribution in [0.2, 0.25) is 0 Å². The van der Waals surface area contributed by atoms with Crippen LogP contribution in [0.15, 0.2) is 54.9 Å². The van der Waals surface area contributed by atoms with E-state index in [1.54, 1.807) is 12.4 Å². The largest absolute Gasteiger partial charge is 0.457 e. The highest BCUT2D eigenvalue weighted by Gasteiger charge is 2.09. The molecule has 0 aliphatic carbocycles. The van der Waals surface area contributed by atoms with E-state index in [4.69, 9.17) is 4.74 Å². The minimum absolute atomic E-state index is 0.768. The summed E-state index contributed by atoms with van der Waals surface area (Å²) in [6.45, 7) is 4.41. The van der Waals surface area contributed by atoms with E-state index in [-0.39, 0.29) is 0 Å². The van der Waals surface area contributed by atoms with Crippen molar-refractivity contribution < 1.29 is 4.74 Å². The number of hydrogen-bond acceptors (Lipinski definition) is 6. The molecule has 0 saturated heterocycles. The average Bonchev–Trinajstić information content (AvgIpc) is 2.68. The Kier molecular flexibility index (Phi) is 7.03. The zero-order valence-corrected chi connectivity index (χ0v) is 16.7. The van der Waals surface area contributed by atoms with Crippen LogP contribution in [0.1, 0.15) is 26.7 Å². The molecular formula is C20H23N3OS2. The van der Waals surface area contributed by atoms with E-state index in [9.17, 15) is 0 Å². The highest BCUT2D eigenvalue weighted by atomic mass is 32.2. The van der Waals surface area contributed by atoms with Gasteiger partial charge in [0.25, 0.3) is 0 Å². The van der Waals surface area contributed by atoms with Crippen LogP contribution in [-0.2, 0) is 0 Å². The third kappa shape index (κ3) is 5.05. The summed E-state index contributed by atoms with van der Waals surface area (Å²) in [5.74, 6) is 3.80. The summed E-state index contributed by atoms with van der Waals surface area (Å²) in [5, 5.41) is 0. The summed E-state index contributed by atoms with van der Waals surface area (Å²) < 4.78 is 8.37. The van der Waals surface area contributed by atoms with Gasteiger partial charge in [-0.15, -0.1) is 0 Å². The van der Waals surface area contributed by atoms with Crippen molar-refractivity contribution in [2.75, 3.05) is 15.2 Å². The van der Waals surface area contributed by atoms with Gasteiger partial charge < -0.3 is 4.74 Å². The lowest BCUT2D eigenvalue weighted by atomic mass is 10.2. The molecule has 0 unspecified atom stereocenters. The molecule has 0 spiro atoms. The molecule has 26 heavy (non-hydrogen) atoms. The zero-order valence-electron chi connectivity index (χ0n) is 15.1. The van der Waals surface area contributed by atoms with E-state index in [0.29, 0.717) is 0 Å². The Morgan fingerprint density at radius 1 is 0.846 bits per heavy atom. The predicted octanol–water partition coefficient (Wildman–Crippen LogP) is 6.34. The SMILES string of the molecule is CCCSN(SCCC)c1cccc(Oc2ccc3nccnc3c2)c1. The molecule has 0 saturated carbocycles. The quantitative estimate of drug-likeness (QED) is 0.400. The summed E-state index contributed by atoms with van der Waals surface area (Å²) in [6, 6.07) is 14.0. The van der Waals surface area contributed by atoms with Gasteiger partial charge in [0.15, 0.2) is 0 Å². The number of aromatic nitrogens is 2. The number of anilines is 1. The normalized spacial score (nSPS) is 10.8. The predicted molar refractivity (Wildman–Crippen MR) is 114 cm³/mol. The van der Waals surface area contributed by atoms with Gasteiger partial charge >= 0.3 is 0 Å². The molecule has 136 valence electrons. The first-order valence-electron chi connectivity index (χ1n) is 8.84. The van der Waals surface area contributed by atoms with Crippen molar-refractivity contribution in [1.29, 1.82) is 0 Å². The first kappa shape index (κ1) is 18.9. The molecule has 6 heteroatoms. The number of benzene rings is 2. The van der Waals surface area contributed by atoms with Crippen LogP contribution in [0.3, 0.4) is 0 Å². The molecule has 0 aliphatic rings. The van der Waals surface area contributed by atoms with Crippen LogP contribution < -0.4 is 8.45 Å². The second-order valence-electron chi connectivity index (χ2n) is 5.73. The van der Waals surface area contributed by atoms with E-state index < -0.39 is 0 Å². The smallest absolute Gasteiger partial charge is 0.129 e. The third-order valence-corrected chi connectivity index (χ3v) is 6.24. The van der Waals surface area contributed by atoms with Crippen molar-refractivity contribution in [3.63, 3.8) is 0 Å². The van der Waals surface area contributed by atoms with Gasteiger partial charge in [-0.3, -0.25) is 13.7 Å². The van der Waals surface area contributed by atoms with Crippen molar-refractivity contribution in [1.82, 2.24) is 9.97 Å². The third-order valence-electron chi connectivity index (χ3n) is 3.53. The van der Waals surface area contributed by atoms with Gasteiger partial charge in [-0.1, -0.05) is 19.9 Å². The number of ether oxygens (including phenoxy) is 1. The molecule has 0 bridgehead atoms. The van der Waals surface area contributed by atoms with Gasteiger partial charge in [0.2, 0.25) is 0 Å². The van der Waals surface area contributed by atoms with Crippen molar-refractivity contribution in [3.05, 3.63) is 54.9 Å². The Bertz CT molecular complexity index is 836. The number of fused-ring (bicyclic) bond motifs is 1. The van der Waals surface area contributed by atoms with Crippen LogP contribution in [-0.4, -0.2) is 21.5 Å². The van der Waals surface area contributed by atoms with Crippen molar-refractivity contribution >= 4 is 40.6 Å². The Morgan fingerprint density at radius 2 is 1.54 bits per heavy atom. The van der Waals surface area contributed by atoms with Crippen LogP contribution in [0.5, 0.6) is 11.5 Å². The van der Waals surface area contributed by atoms with E-state index in [2.05, 4.69) is 39.7 Å². The Morgan fingerprint density at radius 3 is 2.27 bits per heavy atom. The lowest BCUT2D eigenvalue weighted by Crippen LogP contribution is -2.06.